The van der Waals surface area contributed by atoms with Crippen LogP contribution >= 0.6 is 0 Å². The van der Waals surface area contributed by atoms with Crippen molar-refractivity contribution in [3.63, 3.8) is 0 Å². The van der Waals surface area contributed by atoms with Gasteiger partial charge in [0, 0.05) is 18.0 Å². The summed E-state index contributed by atoms with van der Waals surface area (Å²) < 4.78 is 32.3. The molecule has 0 amide bonds. The van der Waals surface area contributed by atoms with E-state index in [2.05, 4.69) is 0 Å². The highest BCUT2D eigenvalue weighted by Crippen LogP contribution is 2.16. The van der Waals surface area contributed by atoms with E-state index in [1.54, 1.807) is 24.3 Å². The van der Waals surface area contributed by atoms with Crippen molar-refractivity contribution >= 4 is 15.9 Å². The van der Waals surface area contributed by atoms with Crippen LogP contribution in [0.25, 0.3) is 0 Å². The molecule has 1 heterocycles. The summed E-state index contributed by atoms with van der Waals surface area (Å²) in [6, 6.07) is 12.4. The summed E-state index contributed by atoms with van der Waals surface area (Å²) >= 11 is 0. The van der Waals surface area contributed by atoms with E-state index in [1.165, 1.54) is 24.3 Å². The van der Waals surface area contributed by atoms with Gasteiger partial charge in [-0.15, -0.1) is 0 Å². The molecule has 0 N–H and O–H groups in total. The van der Waals surface area contributed by atoms with Gasteiger partial charge in [-0.3, -0.25) is 4.79 Å². The van der Waals surface area contributed by atoms with Crippen LogP contribution in [-0.2, 0) is 10.0 Å². The standard InChI is InChI=1S/C20H20N2O5S/c1-14(2)27-17-8-6-16(7-9-17)19(23)21-12-13-22(20(21)24)28(25,26)18-10-4-15(3)5-11-18/h4-14H,1-3H3. The summed E-state index contributed by atoms with van der Waals surface area (Å²) in [6.45, 7) is 5.60. The fourth-order valence-corrected chi connectivity index (χ4v) is 3.82. The molecule has 0 unspecified atom stereocenters. The van der Waals surface area contributed by atoms with Crippen LogP contribution in [0.15, 0.2) is 70.6 Å². The molecular formula is C20H20N2O5S. The smallest absolute Gasteiger partial charge is 0.349 e. The number of aryl methyl sites for hydroxylation is 1. The van der Waals surface area contributed by atoms with Crippen molar-refractivity contribution in [2.24, 2.45) is 0 Å². The first-order valence-corrected chi connectivity index (χ1v) is 10.1. The average Bonchev–Trinajstić information content (AvgIpc) is 3.04. The molecule has 146 valence electrons. The van der Waals surface area contributed by atoms with Crippen molar-refractivity contribution in [1.82, 2.24) is 8.54 Å². The molecule has 28 heavy (non-hydrogen) atoms. The van der Waals surface area contributed by atoms with E-state index in [-0.39, 0.29) is 16.6 Å². The number of benzene rings is 2. The fraction of sp³-hybridized carbons (Fsp3) is 0.200. The van der Waals surface area contributed by atoms with E-state index in [9.17, 15) is 18.0 Å². The molecule has 0 radical (unpaired) electrons. The molecule has 0 aliphatic rings. The number of carbonyl (C=O) groups excluding carboxylic acids is 1. The maximum atomic E-state index is 12.7. The fourth-order valence-electron chi connectivity index (χ4n) is 2.61. The third kappa shape index (κ3) is 3.77. The minimum atomic E-state index is -4.09. The summed E-state index contributed by atoms with van der Waals surface area (Å²) in [5.74, 6) is -0.0302. The van der Waals surface area contributed by atoms with Gasteiger partial charge in [0.25, 0.3) is 15.9 Å². The molecule has 1 aromatic heterocycles. The molecule has 2 aromatic carbocycles. The van der Waals surface area contributed by atoms with E-state index >= 15 is 0 Å². The SMILES string of the molecule is Cc1ccc(S(=O)(=O)n2ccn(C(=O)c3ccc(OC(C)C)cc3)c2=O)cc1. The number of ether oxygens (including phenoxy) is 1. The second-order valence-corrected chi connectivity index (χ2v) is 8.38. The largest absolute Gasteiger partial charge is 0.491 e. The molecule has 0 saturated carbocycles. The van der Waals surface area contributed by atoms with Gasteiger partial charge < -0.3 is 4.74 Å². The zero-order valence-corrected chi connectivity index (χ0v) is 16.5. The molecule has 0 spiro atoms. The number of aromatic nitrogens is 2. The number of nitrogens with zero attached hydrogens (tertiary/aromatic N) is 2. The molecule has 0 saturated heterocycles. The third-order valence-electron chi connectivity index (χ3n) is 4.02. The Hall–Kier alpha value is -3.13. The Morgan fingerprint density at radius 2 is 1.57 bits per heavy atom. The Morgan fingerprint density at radius 3 is 2.14 bits per heavy atom. The number of imidazole rings is 1. The summed E-state index contributed by atoms with van der Waals surface area (Å²) in [7, 11) is -4.09. The first kappa shape index (κ1) is 19.6. The van der Waals surface area contributed by atoms with Gasteiger partial charge in [0.15, 0.2) is 0 Å². The van der Waals surface area contributed by atoms with Crippen molar-refractivity contribution in [3.05, 3.63) is 82.5 Å². The lowest BCUT2D eigenvalue weighted by atomic mass is 10.2. The minimum absolute atomic E-state index is 0.00909. The van der Waals surface area contributed by atoms with Gasteiger partial charge in [-0.1, -0.05) is 17.7 Å². The molecule has 3 rings (SSSR count). The lowest BCUT2D eigenvalue weighted by molar-refractivity contribution is 0.0956. The van der Waals surface area contributed by atoms with Crippen LogP contribution in [0.4, 0.5) is 0 Å². The van der Waals surface area contributed by atoms with Crippen LogP contribution in [0.5, 0.6) is 5.75 Å². The number of rotatable bonds is 5. The monoisotopic (exact) mass is 400 g/mol. The van der Waals surface area contributed by atoms with Crippen LogP contribution in [0.1, 0.15) is 29.8 Å². The van der Waals surface area contributed by atoms with Crippen LogP contribution in [0, 0.1) is 6.92 Å². The Balaban J connectivity index is 1.93. The Morgan fingerprint density at radius 1 is 0.964 bits per heavy atom. The Kier molecular flexibility index (Phi) is 5.24. The highest BCUT2D eigenvalue weighted by molar-refractivity contribution is 7.90. The minimum Gasteiger partial charge on any atom is -0.491 e. The van der Waals surface area contributed by atoms with Crippen molar-refractivity contribution in [3.8, 4) is 5.75 Å². The number of hydrogen-bond acceptors (Lipinski definition) is 5. The van der Waals surface area contributed by atoms with Crippen molar-refractivity contribution in [1.29, 1.82) is 0 Å². The molecule has 0 bridgehead atoms. The maximum Gasteiger partial charge on any atom is 0.349 e. The molecule has 0 atom stereocenters. The molecular weight excluding hydrogens is 380 g/mol. The van der Waals surface area contributed by atoms with Gasteiger partial charge in [-0.05, 0) is 57.2 Å². The van der Waals surface area contributed by atoms with Gasteiger partial charge >= 0.3 is 5.69 Å². The molecule has 3 aromatic rings. The predicted octanol–water partition coefficient (Wildman–Crippen LogP) is 2.67. The van der Waals surface area contributed by atoms with E-state index in [0.29, 0.717) is 9.72 Å². The van der Waals surface area contributed by atoms with E-state index in [4.69, 9.17) is 4.74 Å². The highest BCUT2D eigenvalue weighted by Gasteiger charge is 2.22. The number of hydrogen-bond donors (Lipinski definition) is 0. The van der Waals surface area contributed by atoms with Gasteiger partial charge in [-0.25, -0.2) is 17.8 Å². The Bertz CT molecular complexity index is 1150. The Labute approximate surface area is 162 Å². The van der Waals surface area contributed by atoms with Crippen LogP contribution in [0.2, 0.25) is 0 Å². The maximum absolute atomic E-state index is 12.7. The first-order valence-electron chi connectivity index (χ1n) is 8.64. The summed E-state index contributed by atoms with van der Waals surface area (Å²) in [4.78, 5) is 25.2. The lowest BCUT2D eigenvalue weighted by Crippen LogP contribution is -2.32. The molecule has 0 aliphatic heterocycles. The number of carbonyl (C=O) groups is 1. The van der Waals surface area contributed by atoms with Crippen LogP contribution in [-0.4, -0.2) is 29.0 Å². The predicted molar refractivity (Wildman–Crippen MR) is 104 cm³/mol. The van der Waals surface area contributed by atoms with Gasteiger partial charge in [-0.2, -0.15) is 3.97 Å². The molecule has 0 fully saturated rings. The van der Waals surface area contributed by atoms with E-state index < -0.39 is 21.6 Å². The summed E-state index contributed by atoms with van der Waals surface area (Å²) in [6.07, 6.45) is 2.21. The van der Waals surface area contributed by atoms with Crippen molar-refractivity contribution in [2.75, 3.05) is 0 Å². The first-order chi connectivity index (χ1) is 13.2. The van der Waals surface area contributed by atoms with Crippen LogP contribution < -0.4 is 10.4 Å². The quantitative estimate of drug-likeness (QED) is 0.657. The van der Waals surface area contributed by atoms with Crippen LogP contribution in [0.3, 0.4) is 0 Å². The van der Waals surface area contributed by atoms with E-state index in [1.807, 2.05) is 20.8 Å². The second kappa shape index (κ2) is 7.47. The van der Waals surface area contributed by atoms with Crippen molar-refractivity contribution < 1.29 is 17.9 Å². The molecule has 0 aliphatic carbocycles. The lowest BCUT2D eigenvalue weighted by Gasteiger charge is -2.09. The summed E-state index contributed by atoms with van der Waals surface area (Å²) in [5.41, 5.74) is 0.181. The third-order valence-corrected chi connectivity index (χ3v) is 5.68. The second-order valence-electron chi connectivity index (χ2n) is 6.56. The van der Waals surface area contributed by atoms with Gasteiger partial charge in [0.05, 0.1) is 11.0 Å². The van der Waals surface area contributed by atoms with Crippen molar-refractivity contribution in [2.45, 2.75) is 31.8 Å². The molecule has 7 nitrogen and oxygen atoms in total. The highest BCUT2D eigenvalue weighted by atomic mass is 32.2. The van der Waals surface area contributed by atoms with E-state index in [0.717, 1.165) is 22.5 Å². The van der Waals surface area contributed by atoms with Gasteiger partial charge in [0.2, 0.25) is 0 Å². The average molecular weight is 400 g/mol. The zero-order chi connectivity index (χ0) is 20.5. The zero-order valence-electron chi connectivity index (χ0n) is 15.7. The van der Waals surface area contributed by atoms with Gasteiger partial charge in [0.1, 0.15) is 5.75 Å². The topological polar surface area (TPSA) is 87.4 Å². The molecule has 8 heteroatoms. The normalized spacial score (nSPS) is 11.6. The summed E-state index contributed by atoms with van der Waals surface area (Å²) in [5, 5.41) is 0.